The summed E-state index contributed by atoms with van der Waals surface area (Å²) in [5, 5.41) is 6.98. The van der Waals surface area contributed by atoms with Crippen LogP contribution in [0.4, 0.5) is 0 Å². The van der Waals surface area contributed by atoms with E-state index < -0.39 is 0 Å². The molecule has 0 radical (unpaired) electrons. The third-order valence-corrected chi connectivity index (χ3v) is 13.0. The van der Waals surface area contributed by atoms with Gasteiger partial charge in [0.25, 0.3) is 0 Å². The SMILES string of the molecule is c1ccc(-c2ccc(-c3nc(-c4ccccc4)nc(-n4c5ccccc5c5ccc6c7ccccc7n(-c7cc(-c8ccc9ccccc9c8)ccc7-c7ccccc7)c6c54)n3)cc2)cc1. The molecule has 0 spiro atoms. The third kappa shape index (κ3) is 6.21. The van der Waals surface area contributed by atoms with Crippen LogP contribution in [0.1, 0.15) is 0 Å². The minimum Gasteiger partial charge on any atom is -0.307 e. The van der Waals surface area contributed by atoms with Gasteiger partial charge in [0, 0.05) is 38.2 Å². The Kier molecular flexibility index (Phi) is 8.78. The summed E-state index contributed by atoms with van der Waals surface area (Å²) in [6.45, 7) is 0. The second kappa shape index (κ2) is 15.4. The minimum absolute atomic E-state index is 0.551. The van der Waals surface area contributed by atoms with Gasteiger partial charge in [-0.25, -0.2) is 4.98 Å². The van der Waals surface area contributed by atoms with E-state index in [1.807, 2.05) is 24.3 Å². The van der Waals surface area contributed by atoms with E-state index in [4.69, 9.17) is 15.0 Å². The lowest BCUT2D eigenvalue weighted by atomic mass is 9.96. The highest BCUT2D eigenvalue weighted by Gasteiger charge is 2.25. The van der Waals surface area contributed by atoms with E-state index >= 15 is 0 Å². The predicted octanol–water partition coefficient (Wildman–Crippen LogP) is 15.6. The van der Waals surface area contributed by atoms with E-state index in [9.17, 15) is 0 Å². The summed E-state index contributed by atoms with van der Waals surface area (Å²) < 4.78 is 4.76. The van der Waals surface area contributed by atoms with Crippen molar-refractivity contribution in [3.8, 4) is 67.8 Å². The van der Waals surface area contributed by atoms with Crippen LogP contribution in [0.3, 0.4) is 0 Å². The molecule has 13 rings (SSSR count). The minimum atomic E-state index is 0.551. The Bertz CT molecular complexity index is 3960. The number of fused-ring (bicyclic) bond motifs is 8. The second-order valence-corrected chi connectivity index (χ2v) is 16.8. The van der Waals surface area contributed by atoms with E-state index in [0.29, 0.717) is 17.6 Å². The number of rotatable bonds is 7. The molecule has 0 fully saturated rings. The van der Waals surface area contributed by atoms with Crippen LogP contribution in [-0.2, 0) is 0 Å². The molecule has 3 heterocycles. The van der Waals surface area contributed by atoms with E-state index in [1.165, 1.54) is 16.2 Å². The molecule has 0 unspecified atom stereocenters. The predicted molar refractivity (Wildman–Crippen MR) is 273 cm³/mol. The molecule has 0 aliphatic heterocycles. The monoisotopic (exact) mass is 841 g/mol. The topological polar surface area (TPSA) is 48.5 Å². The molecule has 66 heavy (non-hydrogen) atoms. The third-order valence-electron chi connectivity index (χ3n) is 13.0. The quantitative estimate of drug-likeness (QED) is 0.161. The van der Waals surface area contributed by atoms with Crippen LogP contribution >= 0.6 is 0 Å². The van der Waals surface area contributed by atoms with Gasteiger partial charge in [0.2, 0.25) is 5.95 Å². The maximum Gasteiger partial charge on any atom is 0.238 e. The van der Waals surface area contributed by atoms with Crippen LogP contribution in [0.15, 0.2) is 237 Å². The number of nitrogens with zero attached hydrogens (tertiary/aromatic N) is 5. The summed E-state index contributed by atoms with van der Waals surface area (Å²) in [5.74, 6) is 1.76. The Hall–Kier alpha value is -8.93. The number of hydrogen-bond donors (Lipinski definition) is 0. The van der Waals surface area contributed by atoms with Gasteiger partial charge in [0.05, 0.1) is 27.8 Å². The number of aromatic nitrogens is 5. The van der Waals surface area contributed by atoms with Crippen molar-refractivity contribution in [1.29, 1.82) is 0 Å². The average Bonchev–Trinajstić information content (AvgIpc) is 3.92. The van der Waals surface area contributed by atoms with Gasteiger partial charge in [-0.3, -0.25) is 4.57 Å². The molecule has 0 saturated heterocycles. The molecule has 0 amide bonds. The molecule has 13 aromatic rings. The first-order chi connectivity index (χ1) is 32.7. The van der Waals surface area contributed by atoms with Crippen LogP contribution in [0.5, 0.6) is 0 Å². The first kappa shape index (κ1) is 37.6. The van der Waals surface area contributed by atoms with Gasteiger partial charge in [-0.1, -0.05) is 212 Å². The molecule has 308 valence electrons. The lowest BCUT2D eigenvalue weighted by Gasteiger charge is -2.18. The zero-order chi connectivity index (χ0) is 43.6. The highest BCUT2D eigenvalue weighted by atomic mass is 15.2. The molecule has 0 aliphatic rings. The molecule has 3 aromatic heterocycles. The fraction of sp³-hybridized carbons (Fsp3) is 0. The van der Waals surface area contributed by atoms with E-state index in [0.717, 1.165) is 88.4 Å². The highest BCUT2D eigenvalue weighted by molar-refractivity contribution is 6.24. The molecule has 0 atom stereocenters. The van der Waals surface area contributed by atoms with Crippen LogP contribution in [0, 0.1) is 0 Å². The van der Waals surface area contributed by atoms with Crippen LogP contribution < -0.4 is 0 Å². The van der Waals surface area contributed by atoms with Crippen molar-refractivity contribution in [3.05, 3.63) is 237 Å². The van der Waals surface area contributed by atoms with Gasteiger partial charge in [-0.05, 0) is 62.9 Å². The van der Waals surface area contributed by atoms with Crippen molar-refractivity contribution in [2.24, 2.45) is 0 Å². The summed E-state index contributed by atoms with van der Waals surface area (Å²) in [7, 11) is 0. The molecule has 5 nitrogen and oxygen atoms in total. The van der Waals surface area contributed by atoms with Crippen molar-refractivity contribution in [1.82, 2.24) is 24.1 Å². The zero-order valence-electron chi connectivity index (χ0n) is 35.8. The van der Waals surface area contributed by atoms with E-state index in [1.54, 1.807) is 0 Å². The molecule has 5 heteroatoms. The highest BCUT2D eigenvalue weighted by Crippen LogP contribution is 2.44. The lowest BCUT2D eigenvalue weighted by molar-refractivity contribution is 0.953. The first-order valence-electron chi connectivity index (χ1n) is 22.4. The first-order valence-corrected chi connectivity index (χ1v) is 22.4. The number of hydrogen-bond acceptors (Lipinski definition) is 3. The summed E-state index contributed by atoms with van der Waals surface area (Å²) in [6.07, 6.45) is 0. The maximum atomic E-state index is 5.41. The fourth-order valence-electron chi connectivity index (χ4n) is 9.84. The van der Waals surface area contributed by atoms with Gasteiger partial charge in [-0.2, -0.15) is 9.97 Å². The molecular formula is C61H39N5. The van der Waals surface area contributed by atoms with Crippen molar-refractivity contribution >= 4 is 54.4 Å². The smallest absolute Gasteiger partial charge is 0.238 e. The maximum absolute atomic E-state index is 5.41. The van der Waals surface area contributed by atoms with E-state index in [2.05, 4.69) is 221 Å². The molecule has 0 bridgehead atoms. The molecule has 0 aliphatic carbocycles. The van der Waals surface area contributed by atoms with Crippen LogP contribution in [-0.4, -0.2) is 24.1 Å². The van der Waals surface area contributed by atoms with Crippen molar-refractivity contribution in [2.45, 2.75) is 0 Å². The summed E-state index contributed by atoms with van der Waals surface area (Å²) in [5.41, 5.74) is 14.0. The lowest BCUT2D eigenvalue weighted by Crippen LogP contribution is -2.07. The Balaban J connectivity index is 1.13. The summed E-state index contributed by atoms with van der Waals surface area (Å²) in [4.78, 5) is 16.0. The molecular weight excluding hydrogens is 803 g/mol. The molecule has 10 aromatic carbocycles. The standard InChI is InChI=1S/C61H39N5/c1-4-16-40(17-5-1)42-28-31-45(32-29-42)60-62-59(44-21-8-3-9-22-44)63-61(64-60)66-55-27-15-13-25-51(55)53-37-36-52-50-24-12-14-26-54(50)65(57(52)58(53)66)56-39-48(34-35-49(56)43-19-6-2-7-20-43)47-33-30-41-18-10-11-23-46(41)38-47/h1-39H. The Morgan fingerprint density at radius 2 is 0.727 bits per heavy atom. The Morgan fingerprint density at radius 1 is 0.273 bits per heavy atom. The van der Waals surface area contributed by atoms with Gasteiger partial charge in [-0.15, -0.1) is 0 Å². The van der Waals surface area contributed by atoms with Gasteiger partial charge >= 0.3 is 0 Å². The fourth-order valence-corrected chi connectivity index (χ4v) is 9.84. The van der Waals surface area contributed by atoms with Gasteiger partial charge in [0.1, 0.15) is 0 Å². The van der Waals surface area contributed by atoms with Crippen molar-refractivity contribution in [2.75, 3.05) is 0 Å². The number of para-hydroxylation sites is 2. The zero-order valence-corrected chi connectivity index (χ0v) is 35.8. The normalized spacial score (nSPS) is 11.6. The summed E-state index contributed by atoms with van der Waals surface area (Å²) >= 11 is 0. The molecule has 0 saturated carbocycles. The second-order valence-electron chi connectivity index (χ2n) is 16.8. The number of benzene rings is 10. The summed E-state index contributed by atoms with van der Waals surface area (Å²) in [6, 6.07) is 84.2. The van der Waals surface area contributed by atoms with Gasteiger partial charge in [0.15, 0.2) is 11.6 Å². The molecule has 0 N–H and O–H groups in total. The average molecular weight is 842 g/mol. The van der Waals surface area contributed by atoms with Crippen molar-refractivity contribution in [3.63, 3.8) is 0 Å². The Morgan fingerprint density at radius 3 is 1.39 bits per heavy atom. The van der Waals surface area contributed by atoms with E-state index in [-0.39, 0.29) is 0 Å². The van der Waals surface area contributed by atoms with Crippen molar-refractivity contribution < 1.29 is 0 Å². The largest absolute Gasteiger partial charge is 0.307 e. The van der Waals surface area contributed by atoms with Crippen LogP contribution in [0.2, 0.25) is 0 Å². The van der Waals surface area contributed by atoms with Crippen LogP contribution in [0.25, 0.3) is 122 Å². The van der Waals surface area contributed by atoms with Gasteiger partial charge < -0.3 is 4.57 Å². The Labute approximate surface area is 381 Å².